The van der Waals surface area contributed by atoms with Gasteiger partial charge in [-0.25, -0.2) is 9.37 Å². The standard InChI is InChI=1S/C19H20FN7O2/c1-26-7-9-27(10-8-26)16-6-5-15(12-21-16)22-17(28)18-24-25-19(29-18)23-14-4-2-3-13(20)11-14/h2-6,11-12H,7-10H2,1H3,(H,22,28)(H,23,25). The maximum absolute atomic E-state index is 13.2. The van der Waals surface area contributed by atoms with E-state index in [0.717, 1.165) is 32.0 Å². The highest BCUT2D eigenvalue weighted by atomic mass is 19.1. The van der Waals surface area contributed by atoms with Gasteiger partial charge in [0.2, 0.25) is 0 Å². The lowest BCUT2D eigenvalue weighted by molar-refractivity contribution is 0.0991. The molecule has 0 spiro atoms. The second-order valence-electron chi connectivity index (χ2n) is 6.70. The van der Waals surface area contributed by atoms with Crippen molar-refractivity contribution in [3.63, 3.8) is 0 Å². The molecule has 3 aromatic rings. The van der Waals surface area contributed by atoms with Gasteiger partial charge in [-0.05, 0) is 37.4 Å². The van der Waals surface area contributed by atoms with E-state index >= 15 is 0 Å². The first-order chi connectivity index (χ1) is 14.1. The lowest BCUT2D eigenvalue weighted by Gasteiger charge is -2.33. The SMILES string of the molecule is CN1CCN(c2ccc(NC(=O)c3nnc(Nc4cccc(F)c4)o3)cn2)CC1. The minimum absolute atomic E-state index is 0.00992. The number of benzene rings is 1. The molecule has 150 valence electrons. The number of halogens is 1. The average Bonchev–Trinajstić information content (AvgIpc) is 3.18. The van der Waals surface area contributed by atoms with Crippen molar-refractivity contribution in [3.05, 3.63) is 54.3 Å². The van der Waals surface area contributed by atoms with Crippen LogP contribution in [0.5, 0.6) is 0 Å². The zero-order valence-electron chi connectivity index (χ0n) is 15.8. The van der Waals surface area contributed by atoms with Crippen molar-refractivity contribution in [1.29, 1.82) is 0 Å². The molecule has 1 amide bonds. The number of piperazine rings is 1. The van der Waals surface area contributed by atoms with Crippen LogP contribution in [0, 0.1) is 5.82 Å². The predicted octanol–water partition coefficient (Wildman–Crippen LogP) is 2.35. The Kier molecular flexibility index (Phi) is 5.34. The van der Waals surface area contributed by atoms with Crippen molar-refractivity contribution in [1.82, 2.24) is 20.1 Å². The molecule has 1 aliphatic heterocycles. The molecule has 0 radical (unpaired) electrons. The Balaban J connectivity index is 1.36. The van der Waals surface area contributed by atoms with Gasteiger partial charge in [-0.3, -0.25) is 4.79 Å². The Labute approximate surface area is 166 Å². The molecule has 1 aliphatic rings. The van der Waals surface area contributed by atoms with Crippen LogP contribution in [0.4, 0.5) is 27.6 Å². The van der Waals surface area contributed by atoms with Crippen molar-refractivity contribution in [3.8, 4) is 0 Å². The van der Waals surface area contributed by atoms with E-state index < -0.39 is 11.7 Å². The highest BCUT2D eigenvalue weighted by Crippen LogP contribution is 2.18. The number of amides is 1. The van der Waals surface area contributed by atoms with E-state index in [0.29, 0.717) is 11.4 Å². The fourth-order valence-electron chi connectivity index (χ4n) is 2.92. The molecule has 3 heterocycles. The molecule has 2 N–H and O–H groups in total. The number of hydrogen-bond acceptors (Lipinski definition) is 8. The number of hydrogen-bond donors (Lipinski definition) is 2. The summed E-state index contributed by atoms with van der Waals surface area (Å²) in [6.07, 6.45) is 1.59. The van der Waals surface area contributed by atoms with Crippen LogP contribution in [-0.2, 0) is 0 Å². The third-order valence-electron chi connectivity index (χ3n) is 4.53. The topological polar surface area (TPSA) is 99.4 Å². The van der Waals surface area contributed by atoms with Crippen LogP contribution in [0.25, 0.3) is 0 Å². The van der Waals surface area contributed by atoms with Crippen molar-refractivity contribution < 1.29 is 13.6 Å². The largest absolute Gasteiger partial charge is 0.399 e. The Morgan fingerprint density at radius 1 is 1.10 bits per heavy atom. The van der Waals surface area contributed by atoms with E-state index in [4.69, 9.17) is 4.42 Å². The molecule has 0 aliphatic carbocycles. The molecule has 1 aromatic carbocycles. The third-order valence-corrected chi connectivity index (χ3v) is 4.53. The summed E-state index contributed by atoms with van der Waals surface area (Å²) in [5.74, 6) is -0.304. The number of nitrogens with one attached hydrogen (secondary N) is 2. The van der Waals surface area contributed by atoms with E-state index in [-0.39, 0.29) is 11.9 Å². The molecule has 10 heteroatoms. The first kappa shape index (κ1) is 18.8. The van der Waals surface area contributed by atoms with Gasteiger partial charge in [-0.15, -0.1) is 5.10 Å². The molecule has 29 heavy (non-hydrogen) atoms. The predicted molar refractivity (Wildman–Crippen MR) is 106 cm³/mol. The third kappa shape index (κ3) is 4.66. The molecule has 1 fully saturated rings. The lowest BCUT2D eigenvalue weighted by atomic mass is 10.3. The summed E-state index contributed by atoms with van der Waals surface area (Å²) < 4.78 is 18.5. The lowest BCUT2D eigenvalue weighted by Crippen LogP contribution is -2.44. The number of carbonyl (C=O) groups excluding carboxylic acids is 1. The molecular formula is C19H20FN7O2. The number of nitrogens with zero attached hydrogens (tertiary/aromatic N) is 5. The maximum atomic E-state index is 13.2. The Morgan fingerprint density at radius 3 is 2.66 bits per heavy atom. The Hall–Kier alpha value is -3.53. The van der Waals surface area contributed by atoms with E-state index in [9.17, 15) is 9.18 Å². The fraction of sp³-hybridized carbons (Fsp3) is 0.263. The smallest absolute Gasteiger partial charge is 0.320 e. The van der Waals surface area contributed by atoms with Crippen molar-refractivity contribution in [2.75, 3.05) is 48.8 Å². The van der Waals surface area contributed by atoms with Gasteiger partial charge in [-0.2, -0.15) is 0 Å². The van der Waals surface area contributed by atoms with Crippen LogP contribution in [0.15, 0.2) is 47.0 Å². The van der Waals surface area contributed by atoms with Crippen LogP contribution >= 0.6 is 0 Å². The zero-order chi connectivity index (χ0) is 20.2. The first-order valence-electron chi connectivity index (χ1n) is 9.14. The van der Waals surface area contributed by atoms with E-state index in [1.165, 1.54) is 12.1 Å². The molecule has 0 unspecified atom stereocenters. The van der Waals surface area contributed by atoms with Crippen LogP contribution in [0.2, 0.25) is 0 Å². The summed E-state index contributed by atoms with van der Waals surface area (Å²) in [7, 11) is 2.10. The monoisotopic (exact) mass is 397 g/mol. The van der Waals surface area contributed by atoms with Crippen LogP contribution in [0.1, 0.15) is 10.7 Å². The quantitative estimate of drug-likeness (QED) is 0.677. The molecule has 0 atom stereocenters. The highest BCUT2D eigenvalue weighted by Gasteiger charge is 2.17. The first-order valence-corrected chi connectivity index (χ1v) is 9.14. The molecule has 4 rings (SSSR count). The number of rotatable bonds is 5. The van der Waals surface area contributed by atoms with E-state index in [2.05, 4.69) is 42.7 Å². The average molecular weight is 397 g/mol. The number of carbonyl (C=O) groups is 1. The van der Waals surface area contributed by atoms with Crippen molar-refractivity contribution in [2.24, 2.45) is 0 Å². The van der Waals surface area contributed by atoms with Gasteiger partial charge in [0.25, 0.3) is 0 Å². The van der Waals surface area contributed by atoms with Gasteiger partial charge in [0.1, 0.15) is 11.6 Å². The Bertz CT molecular complexity index is 984. The highest BCUT2D eigenvalue weighted by molar-refractivity contribution is 6.00. The van der Waals surface area contributed by atoms with Crippen LogP contribution < -0.4 is 15.5 Å². The van der Waals surface area contributed by atoms with E-state index in [1.54, 1.807) is 24.4 Å². The number of anilines is 4. The van der Waals surface area contributed by atoms with Gasteiger partial charge in [0.15, 0.2) is 0 Å². The molecule has 0 bridgehead atoms. The van der Waals surface area contributed by atoms with Crippen LogP contribution in [-0.4, -0.2) is 59.2 Å². The fourth-order valence-corrected chi connectivity index (χ4v) is 2.92. The zero-order valence-corrected chi connectivity index (χ0v) is 15.8. The number of aromatic nitrogens is 3. The molecule has 1 saturated heterocycles. The second-order valence-corrected chi connectivity index (χ2v) is 6.70. The van der Waals surface area contributed by atoms with Gasteiger partial charge in [0, 0.05) is 31.9 Å². The van der Waals surface area contributed by atoms with Crippen molar-refractivity contribution in [2.45, 2.75) is 0 Å². The molecule has 0 saturated carbocycles. The normalized spacial score (nSPS) is 14.6. The summed E-state index contributed by atoms with van der Waals surface area (Å²) in [4.78, 5) is 21.2. The number of pyridine rings is 1. The summed E-state index contributed by atoms with van der Waals surface area (Å²) in [5.41, 5.74) is 0.954. The second kappa shape index (κ2) is 8.23. The molecule has 2 aromatic heterocycles. The van der Waals surface area contributed by atoms with Crippen LogP contribution in [0.3, 0.4) is 0 Å². The van der Waals surface area contributed by atoms with Gasteiger partial charge >= 0.3 is 17.8 Å². The summed E-state index contributed by atoms with van der Waals surface area (Å²) >= 11 is 0. The maximum Gasteiger partial charge on any atom is 0.320 e. The summed E-state index contributed by atoms with van der Waals surface area (Å²) in [6, 6.07) is 9.41. The van der Waals surface area contributed by atoms with Gasteiger partial charge in [0.05, 0.1) is 11.9 Å². The Morgan fingerprint density at radius 2 is 1.93 bits per heavy atom. The van der Waals surface area contributed by atoms with Crippen molar-refractivity contribution >= 4 is 29.1 Å². The summed E-state index contributed by atoms with van der Waals surface area (Å²) in [5, 5.41) is 12.9. The molecular weight excluding hydrogens is 377 g/mol. The minimum Gasteiger partial charge on any atom is -0.399 e. The van der Waals surface area contributed by atoms with Gasteiger partial charge in [-0.1, -0.05) is 11.2 Å². The number of likely N-dealkylation sites (N-methyl/N-ethyl adjacent to an activating group) is 1. The summed E-state index contributed by atoms with van der Waals surface area (Å²) in [6.45, 7) is 3.81. The van der Waals surface area contributed by atoms with Gasteiger partial charge < -0.3 is 24.9 Å². The minimum atomic E-state index is -0.557. The molecule has 9 nitrogen and oxygen atoms in total. The van der Waals surface area contributed by atoms with E-state index in [1.807, 2.05) is 6.07 Å².